The number of anilines is 1. The Morgan fingerprint density at radius 2 is 2.17 bits per heavy atom. The van der Waals surface area contributed by atoms with Crippen molar-refractivity contribution in [2.45, 2.75) is 25.3 Å². The molecule has 7 heteroatoms. The molecular formula is C11H14FN3O3. The predicted molar refractivity (Wildman–Crippen MR) is 60.8 cm³/mol. The van der Waals surface area contributed by atoms with E-state index in [1.165, 1.54) is 13.3 Å². The molecule has 1 fully saturated rings. The highest BCUT2D eigenvalue weighted by molar-refractivity contribution is 5.82. The maximum absolute atomic E-state index is 13.8. The molecule has 0 spiro atoms. The number of rotatable bonds is 3. The van der Waals surface area contributed by atoms with Gasteiger partial charge in [-0.05, 0) is 6.92 Å². The number of aryl methyl sites for hydroxylation is 1. The van der Waals surface area contributed by atoms with E-state index in [9.17, 15) is 14.3 Å². The number of carbonyl (C=O) groups is 1. The Bertz CT molecular complexity index is 461. The second kappa shape index (κ2) is 4.85. The first-order chi connectivity index (χ1) is 8.55. The number of carboxylic acids is 1. The average molecular weight is 255 g/mol. The minimum absolute atomic E-state index is 0.0770. The Labute approximate surface area is 103 Å². The minimum atomic E-state index is -1.22. The molecule has 1 saturated heterocycles. The van der Waals surface area contributed by atoms with Crippen molar-refractivity contribution in [3.05, 3.63) is 17.8 Å². The van der Waals surface area contributed by atoms with Crippen LogP contribution in [0.25, 0.3) is 0 Å². The Morgan fingerprint density at radius 1 is 1.50 bits per heavy atom. The fourth-order valence-electron chi connectivity index (χ4n) is 1.88. The van der Waals surface area contributed by atoms with Gasteiger partial charge in [-0.25, -0.2) is 19.2 Å². The lowest BCUT2D eigenvalue weighted by Crippen LogP contribution is -2.50. The highest BCUT2D eigenvalue weighted by Gasteiger charge is 2.41. The van der Waals surface area contributed by atoms with Crippen molar-refractivity contribution < 1.29 is 19.0 Å². The molecule has 2 N–H and O–H groups in total. The number of carboxylic acid groups (broad SMARTS) is 1. The molecule has 0 aliphatic carbocycles. The van der Waals surface area contributed by atoms with Crippen LogP contribution in [0.5, 0.6) is 0 Å². The van der Waals surface area contributed by atoms with E-state index in [-0.39, 0.29) is 24.4 Å². The summed E-state index contributed by atoms with van der Waals surface area (Å²) in [6.07, 6.45) is 1.74. The molecule has 2 rings (SSSR count). The third-order valence-corrected chi connectivity index (χ3v) is 3.08. The van der Waals surface area contributed by atoms with Crippen LogP contribution in [0, 0.1) is 12.7 Å². The van der Waals surface area contributed by atoms with Crippen molar-refractivity contribution in [2.75, 3.05) is 18.5 Å². The minimum Gasteiger partial charge on any atom is -0.480 e. The molecule has 0 aromatic carbocycles. The molecule has 1 aromatic heterocycles. The summed E-state index contributed by atoms with van der Waals surface area (Å²) in [7, 11) is 0. The van der Waals surface area contributed by atoms with E-state index in [4.69, 9.17) is 4.74 Å². The molecule has 1 aliphatic heterocycles. The smallest absolute Gasteiger partial charge is 0.329 e. The first-order valence-corrected chi connectivity index (χ1v) is 5.61. The van der Waals surface area contributed by atoms with Crippen molar-refractivity contribution in [1.29, 1.82) is 0 Å². The van der Waals surface area contributed by atoms with Gasteiger partial charge in [-0.3, -0.25) is 0 Å². The molecular weight excluding hydrogens is 241 g/mol. The van der Waals surface area contributed by atoms with Gasteiger partial charge < -0.3 is 15.2 Å². The summed E-state index contributed by atoms with van der Waals surface area (Å²) in [4.78, 5) is 18.9. The number of hydrogen-bond acceptors (Lipinski definition) is 5. The quantitative estimate of drug-likeness (QED) is 0.837. The molecule has 18 heavy (non-hydrogen) atoms. The number of ether oxygens (including phenoxy) is 1. The molecule has 0 radical (unpaired) electrons. The van der Waals surface area contributed by atoms with E-state index in [0.29, 0.717) is 13.2 Å². The normalized spacial score (nSPS) is 18.3. The molecule has 0 bridgehead atoms. The summed E-state index contributed by atoms with van der Waals surface area (Å²) in [5.41, 5.74) is -1.04. The Kier molecular flexibility index (Phi) is 3.42. The second-order valence-electron chi connectivity index (χ2n) is 4.25. The van der Waals surface area contributed by atoms with Gasteiger partial charge in [0.05, 0.1) is 5.69 Å². The van der Waals surface area contributed by atoms with Crippen LogP contribution >= 0.6 is 0 Å². The number of aliphatic carboxylic acids is 1. The lowest BCUT2D eigenvalue weighted by atomic mass is 9.90. The first-order valence-electron chi connectivity index (χ1n) is 5.61. The summed E-state index contributed by atoms with van der Waals surface area (Å²) in [6, 6.07) is 0. The summed E-state index contributed by atoms with van der Waals surface area (Å²) in [6.45, 7) is 2.15. The molecule has 0 amide bonds. The SMILES string of the molecule is Cc1ncnc(NC2(C(=O)O)CCOCC2)c1F. The number of hydrogen-bond donors (Lipinski definition) is 2. The van der Waals surface area contributed by atoms with Gasteiger partial charge in [0.1, 0.15) is 11.9 Å². The predicted octanol–water partition coefficient (Wildman–Crippen LogP) is 0.970. The van der Waals surface area contributed by atoms with Gasteiger partial charge in [-0.15, -0.1) is 0 Å². The number of nitrogens with zero attached hydrogens (tertiary/aromatic N) is 2. The van der Waals surface area contributed by atoms with Gasteiger partial charge in [-0.1, -0.05) is 0 Å². The topological polar surface area (TPSA) is 84.3 Å². The van der Waals surface area contributed by atoms with E-state index in [1.54, 1.807) is 0 Å². The fraction of sp³-hybridized carbons (Fsp3) is 0.545. The third kappa shape index (κ3) is 2.26. The molecule has 0 saturated carbocycles. The Hall–Kier alpha value is -1.76. The maximum Gasteiger partial charge on any atom is 0.329 e. The lowest BCUT2D eigenvalue weighted by molar-refractivity contribution is -0.145. The van der Waals surface area contributed by atoms with Gasteiger partial charge in [0.25, 0.3) is 0 Å². The zero-order valence-corrected chi connectivity index (χ0v) is 9.94. The summed E-state index contributed by atoms with van der Waals surface area (Å²) >= 11 is 0. The van der Waals surface area contributed by atoms with E-state index in [1.807, 2.05) is 0 Å². The molecule has 0 unspecified atom stereocenters. The monoisotopic (exact) mass is 255 g/mol. The van der Waals surface area contributed by atoms with Crippen molar-refractivity contribution in [1.82, 2.24) is 9.97 Å². The van der Waals surface area contributed by atoms with E-state index in [0.717, 1.165) is 0 Å². The van der Waals surface area contributed by atoms with Crippen molar-refractivity contribution in [3.8, 4) is 0 Å². The van der Waals surface area contributed by atoms with Gasteiger partial charge in [0, 0.05) is 26.1 Å². The van der Waals surface area contributed by atoms with Crippen LogP contribution in [0.15, 0.2) is 6.33 Å². The van der Waals surface area contributed by atoms with Gasteiger partial charge >= 0.3 is 5.97 Å². The van der Waals surface area contributed by atoms with E-state index in [2.05, 4.69) is 15.3 Å². The first kappa shape index (κ1) is 12.7. The molecule has 6 nitrogen and oxygen atoms in total. The largest absolute Gasteiger partial charge is 0.480 e. The van der Waals surface area contributed by atoms with Crippen LogP contribution in [0.1, 0.15) is 18.5 Å². The fourth-order valence-corrected chi connectivity index (χ4v) is 1.88. The summed E-state index contributed by atoms with van der Waals surface area (Å²) in [5, 5.41) is 12.0. The average Bonchev–Trinajstić information content (AvgIpc) is 2.36. The van der Waals surface area contributed by atoms with Crippen LogP contribution < -0.4 is 5.32 Å². The van der Waals surface area contributed by atoms with Crippen LogP contribution in [0.2, 0.25) is 0 Å². The zero-order valence-electron chi connectivity index (χ0n) is 9.94. The maximum atomic E-state index is 13.8. The Balaban J connectivity index is 2.29. The summed E-state index contributed by atoms with van der Waals surface area (Å²) < 4.78 is 18.9. The number of halogens is 1. The van der Waals surface area contributed by atoms with Crippen molar-refractivity contribution in [3.63, 3.8) is 0 Å². The molecule has 98 valence electrons. The van der Waals surface area contributed by atoms with Crippen LogP contribution in [0.4, 0.5) is 10.2 Å². The molecule has 2 heterocycles. The van der Waals surface area contributed by atoms with Crippen molar-refractivity contribution >= 4 is 11.8 Å². The second-order valence-corrected chi connectivity index (χ2v) is 4.25. The zero-order chi connectivity index (χ0) is 13.2. The van der Waals surface area contributed by atoms with Crippen LogP contribution in [-0.2, 0) is 9.53 Å². The highest BCUT2D eigenvalue weighted by Crippen LogP contribution is 2.27. The van der Waals surface area contributed by atoms with Crippen molar-refractivity contribution in [2.24, 2.45) is 0 Å². The van der Waals surface area contributed by atoms with Crippen LogP contribution in [-0.4, -0.2) is 39.8 Å². The molecule has 0 atom stereocenters. The van der Waals surface area contributed by atoms with E-state index >= 15 is 0 Å². The molecule has 1 aliphatic rings. The Morgan fingerprint density at radius 3 is 2.78 bits per heavy atom. The van der Waals surface area contributed by atoms with Gasteiger partial charge in [-0.2, -0.15) is 0 Å². The lowest BCUT2D eigenvalue weighted by Gasteiger charge is -2.34. The highest BCUT2D eigenvalue weighted by atomic mass is 19.1. The third-order valence-electron chi connectivity index (χ3n) is 3.08. The van der Waals surface area contributed by atoms with E-state index < -0.39 is 17.3 Å². The number of nitrogens with one attached hydrogen (secondary N) is 1. The molecule has 1 aromatic rings. The van der Waals surface area contributed by atoms with Crippen LogP contribution in [0.3, 0.4) is 0 Å². The van der Waals surface area contributed by atoms with Gasteiger partial charge in [0.2, 0.25) is 0 Å². The number of aromatic nitrogens is 2. The standard InChI is InChI=1S/C11H14FN3O3/c1-7-8(12)9(14-6-13-7)15-11(10(16)17)2-4-18-5-3-11/h6H,2-5H2,1H3,(H,16,17)(H,13,14,15). The van der Waals surface area contributed by atoms with Gasteiger partial charge in [0.15, 0.2) is 11.6 Å². The summed E-state index contributed by atoms with van der Waals surface area (Å²) in [5.74, 6) is -1.72.